The van der Waals surface area contributed by atoms with Crippen LogP contribution in [0.3, 0.4) is 0 Å². The van der Waals surface area contributed by atoms with Gasteiger partial charge in [-0.15, -0.1) is 0 Å². The molecule has 0 aliphatic heterocycles. The Balaban J connectivity index is 1.42. The molecular weight excluding hydrogens is 564 g/mol. The number of fused-ring (bicyclic) bond motifs is 7. The molecule has 5 aliphatic carbocycles. The van der Waals surface area contributed by atoms with E-state index in [1.807, 2.05) is 51.1 Å². The molecule has 7 nitrogen and oxygen atoms in total. The minimum Gasteiger partial charge on any atom is -0.497 e. The summed E-state index contributed by atoms with van der Waals surface area (Å²) in [6, 6.07) is 9.41. The fourth-order valence-electron chi connectivity index (χ4n) is 10.9. The van der Waals surface area contributed by atoms with Gasteiger partial charge in [0.25, 0.3) is 0 Å². The molecule has 0 heterocycles. The summed E-state index contributed by atoms with van der Waals surface area (Å²) in [5, 5.41) is 26.2. The summed E-state index contributed by atoms with van der Waals surface area (Å²) < 4.78 is 5.26. The number of nitrogens with zero attached hydrogens (tertiary/aromatic N) is 1. The van der Waals surface area contributed by atoms with E-state index in [9.17, 15) is 24.8 Å². The largest absolute Gasteiger partial charge is 0.497 e. The van der Waals surface area contributed by atoms with E-state index < -0.39 is 38.6 Å². The highest BCUT2D eigenvalue weighted by Crippen LogP contribution is 2.75. The third kappa shape index (κ3) is 3.93. The summed E-state index contributed by atoms with van der Waals surface area (Å²) in [5.41, 5.74) is -3.71. The molecule has 8 atom stereocenters. The van der Waals surface area contributed by atoms with Crippen molar-refractivity contribution in [2.75, 3.05) is 12.4 Å². The van der Waals surface area contributed by atoms with Gasteiger partial charge in [-0.1, -0.05) is 54.5 Å². The Morgan fingerprint density at radius 1 is 0.956 bits per heavy atom. The second-order valence-corrected chi connectivity index (χ2v) is 16.6. The number of amides is 1. The van der Waals surface area contributed by atoms with Gasteiger partial charge in [-0.3, -0.25) is 14.4 Å². The van der Waals surface area contributed by atoms with E-state index in [1.165, 1.54) is 0 Å². The van der Waals surface area contributed by atoms with Gasteiger partial charge in [0.1, 0.15) is 17.4 Å². The molecule has 5 aliphatic rings. The van der Waals surface area contributed by atoms with Crippen LogP contribution >= 0.6 is 0 Å². The lowest BCUT2D eigenvalue weighted by Gasteiger charge is -2.71. The Labute approximate surface area is 267 Å². The number of nitrogens with one attached hydrogen (secondary N) is 1. The van der Waals surface area contributed by atoms with Crippen LogP contribution in [0.4, 0.5) is 5.69 Å². The molecule has 6 rings (SSSR count). The Morgan fingerprint density at radius 2 is 1.60 bits per heavy atom. The number of nitriles is 1. The van der Waals surface area contributed by atoms with Gasteiger partial charge in [0.15, 0.2) is 11.6 Å². The van der Waals surface area contributed by atoms with Gasteiger partial charge >= 0.3 is 0 Å². The van der Waals surface area contributed by atoms with E-state index in [2.05, 4.69) is 39.1 Å². The highest BCUT2D eigenvalue weighted by molar-refractivity contribution is 6.05. The summed E-state index contributed by atoms with van der Waals surface area (Å²) in [4.78, 5) is 41.9. The number of allylic oxidation sites excluding steroid dienone is 3. The zero-order valence-corrected chi connectivity index (χ0v) is 28.1. The molecule has 0 radical (unpaired) electrons. The molecule has 0 spiro atoms. The van der Waals surface area contributed by atoms with Crippen molar-refractivity contribution >= 4 is 23.2 Å². The van der Waals surface area contributed by atoms with Crippen LogP contribution in [-0.2, 0) is 14.4 Å². The number of hydrogen-bond donors (Lipinski definition) is 2. The summed E-state index contributed by atoms with van der Waals surface area (Å²) in [6.07, 6.45) is 8.36. The molecule has 45 heavy (non-hydrogen) atoms. The lowest BCUT2D eigenvalue weighted by Crippen LogP contribution is -2.74. The van der Waals surface area contributed by atoms with Crippen molar-refractivity contribution in [3.8, 4) is 11.8 Å². The summed E-state index contributed by atoms with van der Waals surface area (Å²) >= 11 is 0. The molecule has 0 saturated heterocycles. The first-order valence-electron chi connectivity index (χ1n) is 16.5. The topological polar surface area (TPSA) is 116 Å². The van der Waals surface area contributed by atoms with Crippen molar-refractivity contribution in [2.45, 2.75) is 99.0 Å². The fraction of sp³-hybridized carbons (Fsp3) is 0.632. The van der Waals surface area contributed by atoms with Crippen LogP contribution < -0.4 is 10.1 Å². The number of Topliss-reactive ketones (excluding diaryl/α,β-unsaturated/α-hetero) is 1. The van der Waals surface area contributed by atoms with Crippen molar-refractivity contribution in [1.29, 1.82) is 5.26 Å². The smallest absolute Gasteiger partial charge is 0.230 e. The van der Waals surface area contributed by atoms with E-state index in [0.717, 1.165) is 31.3 Å². The predicted molar refractivity (Wildman–Crippen MR) is 172 cm³/mol. The number of ketones is 2. The summed E-state index contributed by atoms with van der Waals surface area (Å²) in [5.74, 6) is -0.302. The maximum absolute atomic E-state index is 14.7. The molecule has 3 saturated carbocycles. The highest BCUT2D eigenvalue weighted by atomic mass is 16.5. The van der Waals surface area contributed by atoms with Gasteiger partial charge in [-0.2, -0.15) is 5.26 Å². The standard InChI is InChI=1S/C38H48N2O5/c1-32(2)26-13-14-36(6)27(35(26,5)20-23(22-39)30(32)42)19-29(41)38(44)28-21-34(4,16-15-33(28,3)17-18-37(36,38)7)31(43)40-24-9-11-25(45-8)12-10-24/h9-12,19-20,26,28,44H,13-18,21H2,1-8H3,(H,40,43)/t26-,28+,33+,34-,35-,36+,37-,38+/m0/s1. The Kier molecular flexibility index (Phi) is 6.80. The van der Waals surface area contributed by atoms with Crippen molar-refractivity contribution in [2.24, 2.45) is 44.3 Å². The average Bonchev–Trinajstić information content (AvgIpc) is 2.99. The van der Waals surface area contributed by atoms with E-state index in [4.69, 9.17) is 4.74 Å². The average molecular weight is 613 g/mol. The lowest BCUT2D eigenvalue weighted by atomic mass is 9.33. The number of methoxy groups -OCH3 is 1. The molecular formula is C38H48N2O5. The number of benzene rings is 1. The first kappa shape index (κ1) is 31.7. The second kappa shape index (κ2) is 9.64. The minimum atomic E-state index is -1.66. The van der Waals surface area contributed by atoms with Crippen molar-refractivity contribution in [1.82, 2.24) is 0 Å². The van der Waals surface area contributed by atoms with Crippen molar-refractivity contribution < 1.29 is 24.2 Å². The molecule has 7 heteroatoms. The predicted octanol–water partition coefficient (Wildman–Crippen LogP) is 6.97. The van der Waals surface area contributed by atoms with Crippen LogP contribution in [0.1, 0.15) is 93.4 Å². The number of carbonyl (C=O) groups excluding carboxylic acids is 3. The van der Waals surface area contributed by atoms with Crippen LogP contribution in [-0.4, -0.2) is 35.3 Å². The van der Waals surface area contributed by atoms with Crippen LogP contribution in [0.15, 0.2) is 47.6 Å². The molecule has 1 aromatic carbocycles. The van der Waals surface area contributed by atoms with Gasteiger partial charge in [0, 0.05) is 33.3 Å². The molecule has 0 aromatic heterocycles. The Hall–Kier alpha value is -3.24. The number of rotatable bonds is 3. The van der Waals surface area contributed by atoms with E-state index in [-0.39, 0.29) is 34.4 Å². The van der Waals surface area contributed by atoms with Crippen LogP contribution in [0.5, 0.6) is 5.75 Å². The highest BCUT2D eigenvalue weighted by Gasteiger charge is 2.75. The van der Waals surface area contributed by atoms with Gasteiger partial charge in [0.2, 0.25) is 5.91 Å². The van der Waals surface area contributed by atoms with Gasteiger partial charge in [-0.05, 0) is 97.6 Å². The number of hydrogen-bond acceptors (Lipinski definition) is 6. The number of ether oxygens (including phenoxy) is 1. The van der Waals surface area contributed by atoms with Gasteiger partial charge < -0.3 is 15.2 Å². The first-order valence-corrected chi connectivity index (χ1v) is 16.5. The quantitative estimate of drug-likeness (QED) is 0.381. The molecule has 1 amide bonds. The van der Waals surface area contributed by atoms with Crippen molar-refractivity contribution in [3.63, 3.8) is 0 Å². The number of aliphatic hydroxyl groups is 1. The maximum atomic E-state index is 14.7. The van der Waals surface area contributed by atoms with E-state index in [1.54, 1.807) is 13.2 Å². The number of carbonyl (C=O) groups is 3. The van der Waals surface area contributed by atoms with Crippen LogP contribution in [0.2, 0.25) is 0 Å². The fourth-order valence-corrected chi connectivity index (χ4v) is 10.9. The molecule has 2 N–H and O–H groups in total. The van der Waals surface area contributed by atoms with E-state index in [0.29, 0.717) is 30.7 Å². The zero-order valence-electron chi connectivity index (χ0n) is 28.1. The Morgan fingerprint density at radius 3 is 2.22 bits per heavy atom. The van der Waals surface area contributed by atoms with E-state index >= 15 is 0 Å². The van der Waals surface area contributed by atoms with Crippen LogP contribution in [0, 0.1) is 55.7 Å². The normalized spacial score (nSPS) is 43.3. The summed E-state index contributed by atoms with van der Waals surface area (Å²) in [7, 11) is 1.60. The minimum absolute atomic E-state index is 0.0648. The zero-order chi connectivity index (χ0) is 33.0. The first-order chi connectivity index (χ1) is 20.9. The van der Waals surface area contributed by atoms with Crippen molar-refractivity contribution in [3.05, 3.63) is 47.6 Å². The SMILES string of the molecule is COc1ccc(NC(=O)[C@@]2(C)CC[C@]3(C)CC[C@@]4(C)[C@]5(C)CC[C@H]6C(C)(C)C(=O)C(C#N)=C[C@]6(C)C5=CC(=O)[C@]4(O)[C@@H]3C2)cc1. The molecule has 3 fully saturated rings. The Bertz CT molecular complexity index is 1600. The monoisotopic (exact) mass is 612 g/mol. The third-order valence-corrected chi connectivity index (χ3v) is 14.1. The van der Waals surface area contributed by atoms with Gasteiger partial charge in [0.05, 0.1) is 12.7 Å². The second-order valence-electron chi connectivity index (χ2n) is 16.6. The molecule has 1 aromatic rings. The lowest BCUT2D eigenvalue weighted by molar-refractivity contribution is -0.242. The molecule has 240 valence electrons. The third-order valence-electron chi connectivity index (χ3n) is 14.1. The number of anilines is 1. The molecule has 0 unspecified atom stereocenters. The maximum Gasteiger partial charge on any atom is 0.230 e. The summed E-state index contributed by atoms with van der Waals surface area (Å²) in [6.45, 7) is 14.4. The van der Waals surface area contributed by atoms with Crippen LogP contribution in [0.25, 0.3) is 0 Å². The van der Waals surface area contributed by atoms with Gasteiger partial charge in [-0.25, -0.2) is 0 Å². The molecule has 0 bridgehead atoms.